The standard InChI is InChI=1S/C19H18N6O4S/c1-28-18-17(24-7-9-29-10-8-24)16(13-5-3-2-4-6-13)22-19(23-18)30-15-12-20-11-14(21-15)25(26)27/h2-6,11-12H,7-10H2,1H3. The number of morpholine rings is 1. The van der Waals surface area contributed by atoms with Gasteiger partial charge >= 0.3 is 5.82 Å². The van der Waals surface area contributed by atoms with Crippen molar-refractivity contribution in [1.82, 2.24) is 19.9 Å². The third-order valence-corrected chi connectivity index (χ3v) is 5.15. The number of hydrogen-bond acceptors (Lipinski definition) is 10. The molecule has 3 heterocycles. The second-order valence-corrected chi connectivity index (χ2v) is 7.24. The largest absolute Gasteiger partial charge is 0.479 e. The van der Waals surface area contributed by atoms with Gasteiger partial charge < -0.3 is 24.5 Å². The molecule has 1 aromatic carbocycles. The molecule has 0 spiro atoms. The van der Waals surface area contributed by atoms with Crippen molar-refractivity contribution < 1.29 is 14.4 Å². The van der Waals surface area contributed by atoms with Gasteiger partial charge in [-0.05, 0) is 21.7 Å². The van der Waals surface area contributed by atoms with E-state index in [-0.39, 0.29) is 5.82 Å². The highest BCUT2D eigenvalue weighted by molar-refractivity contribution is 7.99. The molecular weight excluding hydrogens is 408 g/mol. The van der Waals surface area contributed by atoms with Crippen LogP contribution in [0.1, 0.15) is 0 Å². The molecule has 11 heteroatoms. The van der Waals surface area contributed by atoms with Gasteiger partial charge in [0.05, 0.1) is 26.5 Å². The molecule has 0 atom stereocenters. The zero-order valence-electron chi connectivity index (χ0n) is 16.1. The lowest BCUT2D eigenvalue weighted by molar-refractivity contribution is -0.390. The number of anilines is 1. The van der Waals surface area contributed by atoms with Crippen LogP contribution in [0.25, 0.3) is 11.3 Å². The van der Waals surface area contributed by atoms with Crippen LogP contribution in [0.2, 0.25) is 0 Å². The molecule has 3 aromatic rings. The predicted molar refractivity (Wildman–Crippen MR) is 110 cm³/mol. The van der Waals surface area contributed by atoms with Crippen molar-refractivity contribution in [3.8, 4) is 17.1 Å². The van der Waals surface area contributed by atoms with Gasteiger partial charge in [0.1, 0.15) is 17.6 Å². The molecule has 0 aliphatic carbocycles. The topological polar surface area (TPSA) is 116 Å². The van der Waals surface area contributed by atoms with E-state index in [4.69, 9.17) is 14.5 Å². The monoisotopic (exact) mass is 426 g/mol. The summed E-state index contributed by atoms with van der Waals surface area (Å²) in [6.45, 7) is 2.61. The van der Waals surface area contributed by atoms with Gasteiger partial charge in [-0.1, -0.05) is 30.3 Å². The molecule has 0 N–H and O–H groups in total. The lowest BCUT2D eigenvalue weighted by Gasteiger charge is -2.31. The molecule has 0 bridgehead atoms. The van der Waals surface area contributed by atoms with E-state index >= 15 is 0 Å². The molecule has 154 valence electrons. The molecule has 10 nitrogen and oxygen atoms in total. The predicted octanol–water partition coefficient (Wildman–Crippen LogP) is 2.84. The summed E-state index contributed by atoms with van der Waals surface area (Å²) < 4.78 is 11.1. The van der Waals surface area contributed by atoms with Crippen LogP contribution in [0.15, 0.2) is 52.9 Å². The molecule has 0 radical (unpaired) electrons. The van der Waals surface area contributed by atoms with Crippen molar-refractivity contribution in [1.29, 1.82) is 0 Å². The summed E-state index contributed by atoms with van der Waals surface area (Å²) in [6.07, 6.45) is 2.54. The first-order valence-electron chi connectivity index (χ1n) is 9.14. The molecule has 0 unspecified atom stereocenters. The molecule has 1 aliphatic heterocycles. The Hall–Kier alpha value is -3.31. The average Bonchev–Trinajstić information content (AvgIpc) is 2.80. The molecule has 30 heavy (non-hydrogen) atoms. The normalized spacial score (nSPS) is 13.8. The Morgan fingerprint density at radius 3 is 2.60 bits per heavy atom. The second-order valence-electron chi connectivity index (χ2n) is 6.25. The number of methoxy groups -OCH3 is 1. The number of nitrogens with zero attached hydrogens (tertiary/aromatic N) is 6. The van der Waals surface area contributed by atoms with Gasteiger partial charge in [0.15, 0.2) is 5.16 Å². The van der Waals surface area contributed by atoms with Crippen LogP contribution in [0.4, 0.5) is 11.5 Å². The van der Waals surface area contributed by atoms with Gasteiger partial charge in [0, 0.05) is 18.7 Å². The number of nitro groups is 1. The molecule has 1 aliphatic rings. The summed E-state index contributed by atoms with van der Waals surface area (Å²) in [5.41, 5.74) is 2.42. The molecule has 1 fully saturated rings. The van der Waals surface area contributed by atoms with Crippen LogP contribution in [0.3, 0.4) is 0 Å². The van der Waals surface area contributed by atoms with E-state index in [1.165, 1.54) is 6.20 Å². The first-order chi connectivity index (χ1) is 14.7. The smallest absolute Gasteiger partial charge is 0.383 e. The van der Waals surface area contributed by atoms with E-state index in [9.17, 15) is 10.1 Å². The lowest BCUT2D eigenvalue weighted by Crippen LogP contribution is -2.37. The minimum Gasteiger partial charge on any atom is -0.479 e. The highest BCUT2D eigenvalue weighted by Crippen LogP contribution is 2.39. The van der Waals surface area contributed by atoms with Crippen LogP contribution in [-0.4, -0.2) is 58.3 Å². The lowest BCUT2D eigenvalue weighted by atomic mass is 10.1. The molecule has 2 aromatic heterocycles. The summed E-state index contributed by atoms with van der Waals surface area (Å²) in [5.74, 6) is 0.0897. The number of ether oxygens (including phenoxy) is 2. The number of hydrogen-bond donors (Lipinski definition) is 0. The Labute approximate surface area is 176 Å². The molecular formula is C19H18N6O4S. The van der Waals surface area contributed by atoms with E-state index in [0.29, 0.717) is 48.1 Å². The Morgan fingerprint density at radius 2 is 1.90 bits per heavy atom. The summed E-state index contributed by atoms with van der Waals surface area (Å²) >= 11 is 1.09. The first-order valence-corrected chi connectivity index (χ1v) is 9.96. The average molecular weight is 426 g/mol. The van der Waals surface area contributed by atoms with Crippen molar-refractivity contribution in [2.75, 3.05) is 38.3 Å². The summed E-state index contributed by atoms with van der Waals surface area (Å²) in [7, 11) is 1.56. The number of rotatable bonds is 6. The van der Waals surface area contributed by atoms with Gasteiger partial charge in [-0.2, -0.15) is 4.98 Å². The summed E-state index contributed by atoms with van der Waals surface area (Å²) in [6, 6.07) is 9.74. The van der Waals surface area contributed by atoms with E-state index in [1.807, 2.05) is 30.3 Å². The fourth-order valence-corrected chi connectivity index (χ4v) is 3.75. The highest BCUT2D eigenvalue weighted by Gasteiger charge is 2.25. The maximum Gasteiger partial charge on any atom is 0.383 e. The minimum absolute atomic E-state index is 0.324. The Kier molecular flexibility index (Phi) is 6.00. The molecule has 0 saturated carbocycles. The maximum atomic E-state index is 11.0. The second kappa shape index (κ2) is 9.01. The van der Waals surface area contributed by atoms with E-state index < -0.39 is 4.92 Å². The van der Waals surface area contributed by atoms with Crippen LogP contribution >= 0.6 is 11.8 Å². The van der Waals surface area contributed by atoms with Crippen molar-refractivity contribution in [2.24, 2.45) is 0 Å². The molecule has 1 saturated heterocycles. The zero-order valence-corrected chi connectivity index (χ0v) is 16.9. The van der Waals surface area contributed by atoms with E-state index in [2.05, 4.69) is 19.9 Å². The summed E-state index contributed by atoms with van der Waals surface area (Å²) in [4.78, 5) is 29.7. The van der Waals surface area contributed by atoms with Gasteiger partial charge in [-0.3, -0.25) is 4.98 Å². The van der Waals surface area contributed by atoms with E-state index in [0.717, 1.165) is 29.2 Å². The zero-order chi connectivity index (χ0) is 20.9. The van der Waals surface area contributed by atoms with Crippen LogP contribution in [-0.2, 0) is 4.74 Å². The molecule has 0 amide bonds. The number of benzene rings is 1. The van der Waals surface area contributed by atoms with Crippen LogP contribution in [0, 0.1) is 10.1 Å². The fourth-order valence-electron chi connectivity index (χ4n) is 3.04. The third-order valence-electron chi connectivity index (χ3n) is 4.38. The fraction of sp³-hybridized carbons (Fsp3) is 0.263. The van der Waals surface area contributed by atoms with Crippen LogP contribution in [0.5, 0.6) is 5.88 Å². The van der Waals surface area contributed by atoms with Crippen molar-refractivity contribution in [3.05, 3.63) is 52.8 Å². The highest BCUT2D eigenvalue weighted by atomic mass is 32.2. The first kappa shape index (κ1) is 20.0. The van der Waals surface area contributed by atoms with Gasteiger partial charge in [-0.15, -0.1) is 0 Å². The Morgan fingerprint density at radius 1 is 1.13 bits per heavy atom. The number of aromatic nitrogens is 4. The minimum atomic E-state index is -0.588. The SMILES string of the molecule is COc1nc(Sc2cncc([N+](=O)[O-])n2)nc(-c2ccccc2)c1N1CCOCC1. The third kappa shape index (κ3) is 4.31. The Balaban J connectivity index is 1.79. The van der Waals surface area contributed by atoms with Gasteiger partial charge in [0.2, 0.25) is 10.9 Å². The van der Waals surface area contributed by atoms with Gasteiger partial charge in [-0.25, -0.2) is 4.98 Å². The van der Waals surface area contributed by atoms with Gasteiger partial charge in [0.25, 0.3) is 0 Å². The maximum absolute atomic E-state index is 11.0. The van der Waals surface area contributed by atoms with Crippen LogP contribution < -0.4 is 9.64 Å². The van der Waals surface area contributed by atoms with Crippen molar-refractivity contribution >= 4 is 23.3 Å². The quantitative estimate of drug-likeness (QED) is 0.331. The van der Waals surface area contributed by atoms with E-state index in [1.54, 1.807) is 7.11 Å². The van der Waals surface area contributed by atoms with Crippen molar-refractivity contribution in [2.45, 2.75) is 10.2 Å². The Bertz CT molecular complexity index is 1050. The van der Waals surface area contributed by atoms with Crippen molar-refractivity contribution in [3.63, 3.8) is 0 Å². The summed E-state index contributed by atoms with van der Waals surface area (Å²) in [5, 5.41) is 11.7. The molecule has 4 rings (SSSR count).